The van der Waals surface area contributed by atoms with Crippen LogP contribution in [0.2, 0.25) is 0 Å². The smallest absolute Gasteiger partial charge is 0.267 e. The summed E-state index contributed by atoms with van der Waals surface area (Å²) in [5.74, 6) is -5.99. The predicted molar refractivity (Wildman–Crippen MR) is 111 cm³/mol. The van der Waals surface area contributed by atoms with Crippen molar-refractivity contribution >= 4 is 32.5 Å². The number of amides is 1. The molecule has 2 aromatic carbocycles. The summed E-state index contributed by atoms with van der Waals surface area (Å²) in [6, 6.07) is 4.01. The molecule has 0 aliphatic carbocycles. The van der Waals surface area contributed by atoms with E-state index in [2.05, 4.69) is 15.2 Å². The van der Waals surface area contributed by atoms with E-state index in [9.17, 15) is 22.0 Å². The summed E-state index contributed by atoms with van der Waals surface area (Å²) in [5, 5.41) is 5.92. The second-order valence-electron chi connectivity index (χ2n) is 6.87. The van der Waals surface area contributed by atoms with Crippen LogP contribution in [0.25, 0.3) is 22.0 Å². The van der Waals surface area contributed by atoms with Gasteiger partial charge in [-0.25, -0.2) is 31.0 Å². The third-order valence-electron chi connectivity index (χ3n) is 4.75. The number of nitrogens with one attached hydrogen (secondary N) is 2. The number of nitrogens with two attached hydrogens (primary N) is 1. The molecule has 2 heterocycles. The third kappa shape index (κ3) is 3.87. The van der Waals surface area contributed by atoms with Gasteiger partial charge in [0.2, 0.25) is 5.88 Å². The number of H-pyrrole nitrogens is 1. The summed E-state index contributed by atoms with van der Waals surface area (Å²) < 4.78 is 90.3. The number of rotatable bonds is 6. The van der Waals surface area contributed by atoms with E-state index in [-0.39, 0.29) is 16.6 Å². The number of aromatic amines is 1. The summed E-state index contributed by atoms with van der Waals surface area (Å²) in [5.41, 5.74) is 2.61. The minimum Gasteiger partial charge on any atom is -0.480 e. The number of halogens is 4. The summed E-state index contributed by atoms with van der Waals surface area (Å²) in [4.78, 5) is 14.1. The molecule has 1 amide bonds. The van der Waals surface area contributed by atoms with Crippen LogP contribution >= 0.6 is 0 Å². The monoisotopic (exact) mass is 495 g/mol. The Hall–Kier alpha value is -4.20. The molecular weight excluding hydrogens is 482 g/mol. The zero-order valence-corrected chi connectivity index (χ0v) is 17.8. The average Bonchev–Trinajstić information content (AvgIpc) is 3.22. The van der Waals surface area contributed by atoms with Crippen molar-refractivity contribution in [3.63, 3.8) is 0 Å². The van der Waals surface area contributed by atoms with Crippen LogP contribution in [-0.4, -0.2) is 36.6 Å². The summed E-state index contributed by atoms with van der Waals surface area (Å²) in [6.45, 7) is 0. The van der Waals surface area contributed by atoms with Crippen molar-refractivity contribution in [2.45, 2.75) is 4.90 Å². The number of carbonyl (C=O) groups excluding carboxylic acids is 1. The molecule has 0 aliphatic rings. The Balaban J connectivity index is 1.83. The van der Waals surface area contributed by atoms with Gasteiger partial charge < -0.3 is 10.5 Å². The Labute approximate surface area is 188 Å². The van der Waals surface area contributed by atoms with Gasteiger partial charge >= 0.3 is 0 Å². The molecule has 0 bridgehead atoms. The quantitative estimate of drug-likeness (QED) is 0.351. The van der Waals surface area contributed by atoms with Crippen molar-refractivity contribution in [1.29, 1.82) is 0 Å². The van der Waals surface area contributed by atoms with Gasteiger partial charge in [0.1, 0.15) is 22.8 Å². The first-order valence-corrected chi connectivity index (χ1v) is 10.7. The largest absolute Gasteiger partial charge is 0.480 e. The van der Waals surface area contributed by atoms with Crippen LogP contribution in [0.4, 0.5) is 23.2 Å². The first-order valence-electron chi connectivity index (χ1n) is 9.21. The Morgan fingerprint density at radius 1 is 1.06 bits per heavy atom. The second-order valence-corrected chi connectivity index (χ2v) is 8.52. The van der Waals surface area contributed by atoms with Gasteiger partial charge in [-0.15, -0.1) is 0 Å². The fraction of sp³-hybridized carbons (Fsp3) is 0.0500. The molecule has 176 valence electrons. The predicted octanol–water partition coefficient (Wildman–Crippen LogP) is 3.09. The van der Waals surface area contributed by atoms with E-state index >= 15 is 8.78 Å². The van der Waals surface area contributed by atoms with Gasteiger partial charge in [0.15, 0.2) is 16.5 Å². The van der Waals surface area contributed by atoms with Crippen molar-refractivity contribution in [1.82, 2.24) is 15.2 Å². The molecule has 9 nitrogen and oxygen atoms in total. The first-order chi connectivity index (χ1) is 16.0. The molecule has 2 aromatic heterocycles. The number of pyridine rings is 1. The number of sulfonamides is 1. The fourth-order valence-corrected chi connectivity index (χ4v) is 4.44. The van der Waals surface area contributed by atoms with Crippen LogP contribution in [0, 0.1) is 23.3 Å². The molecule has 0 saturated heterocycles. The average molecular weight is 495 g/mol. The normalized spacial score (nSPS) is 11.6. The van der Waals surface area contributed by atoms with Crippen LogP contribution < -0.4 is 15.2 Å². The Morgan fingerprint density at radius 2 is 1.79 bits per heavy atom. The standard InChI is InChI=1S/C20H13F4N5O4S/c1-33-20-14(6-9(22)7-26-20)34(31,32)29-13-5-8(21)4-12(15(13)23)10-2-3-11-17(16(10)24)27-28-18(11)19(25)30/h2-7,29H,1H3,(H2,25,30)(H,27,28). The lowest BCUT2D eigenvalue weighted by atomic mass is 10.0. The van der Waals surface area contributed by atoms with Crippen molar-refractivity contribution in [2.75, 3.05) is 11.8 Å². The molecule has 0 fully saturated rings. The SMILES string of the molecule is COc1ncc(F)cc1S(=O)(=O)Nc1cc(F)cc(-c2ccc3c(C(N)=O)[nH]nc3c2F)c1F. The molecule has 14 heteroatoms. The molecule has 0 saturated carbocycles. The number of anilines is 1. The maximum atomic E-state index is 15.3. The summed E-state index contributed by atoms with van der Waals surface area (Å²) in [7, 11) is -3.63. The number of primary amides is 1. The number of methoxy groups -OCH3 is 1. The van der Waals surface area contributed by atoms with E-state index in [0.29, 0.717) is 24.4 Å². The highest BCUT2D eigenvalue weighted by molar-refractivity contribution is 7.92. The number of fused-ring (bicyclic) bond motifs is 1. The maximum Gasteiger partial charge on any atom is 0.267 e. The molecule has 4 N–H and O–H groups in total. The molecule has 34 heavy (non-hydrogen) atoms. The van der Waals surface area contributed by atoms with Gasteiger partial charge in [-0.3, -0.25) is 14.6 Å². The highest BCUT2D eigenvalue weighted by atomic mass is 32.2. The van der Waals surface area contributed by atoms with E-state index < -0.39 is 66.8 Å². The molecule has 0 spiro atoms. The number of ether oxygens (including phenoxy) is 1. The molecule has 0 atom stereocenters. The van der Waals surface area contributed by atoms with Gasteiger partial charge in [-0.05, 0) is 12.1 Å². The van der Waals surface area contributed by atoms with E-state index in [0.717, 1.165) is 13.2 Å². The zero-order chi connectivity index (χ0) is 24.8. The number of hydrogen-bond acceptors (Lipinski definition) is 6. The Bertz CT molecular complexity index is 1570. The minimum atomic E-state index is -4.71. The van der Waals surface area contributed by atoms with Crippen LogP contribution in [0.5, 0.6) is 5.88 Å². The van der Waals surface area contributed by atoms with Crippen molar-refractivity contribution in [3.05, 3.63) is 65.5 Å². The van der Waals surface area contributed by atoms with Gasteiger partial charge in [0.05, 0.1) is 19.0 Å². The Kier molecular flexibility index (Phi) is 5.61. The molecular formula is C20H13F4N5O4S. The van der Waals surface area contributed by atoms with Crippen LogP contribution in [0.15, 0.2) is 41.4 Å². The lowest BCUT2D eigenvalue weighted by Crippen LogP contribution is -2.16. The van der Waals surface area contributed by atoms with Gasteiger partial charge in [0, 0.05) is 28.6 Å². The molecule has 0 radical (unpaired) electrons. The lowest BCUT2D eigenvalue weighted by molar-refractivity contribution is 0.0997. The van der Waals surface area contributed by atoms with Crippen LogP contribution in [0.3, 0.4) is 0 Å². The van der Waals surface area contributed by atoms with E-state index in [1.807, 2.05) is 0 Å². The molecule has 0 unspecified atom stereocenters. The lowest BCUT2D eigenvalue weighted by Gasteiger charge is -2.14. The molecule has 4 rings (SSSR count). The number of carbonyl (C=O) groups is 1. The van der Waals surface area contributed by atoms with Crippen molar-refractivity contribution in [2.24, 2.45) is 5.73 Å². The third-order valence-corrected chi connectivity index (χ3v) is 6.11. The molecule has 4 aromatic rings. The number of benzene rings is 2. The fourth-order valence-electron chi connectivity index (χ4n) is 3.26. The summed E-state index contributed by atoms with van der Waals surface area (Å²) in [6.07, 6.45) is 0.705. The van der Waals surface area contributed by atoms with E-state index in [1.165, 1.54) is 6.07 Å². The second kappa shape index (κ2) is 8.30. The van der Waals surface area contributed by atoms with E-state index in [4.69, 9.17) is 10.5 Å². The van der Waals surface area contributed by atoms with Gasteiger partial charge in [-0.1, -0.05) is 6.07 Å². The number of nitrogens with zero attached hydrogens (tertiary/aromatic N) is 2. The van der Waals surface area contributed by atoms with Crippen molar-refractivity contribution in [3.8, 4) is 17.0 Å². The van der Waals surface area contributed by atoms with Crippen molar-refractivity contribution < 1.29 is 35.5 Å². The van der Waals surface area contributed by atoms with Gasteiger partial charge in [-0.2, -0.15) is 5.10 Å². The maximum absolute atomic E-state index is 15.3. The highest BCUT2D eigenvalue weighted by Gasteiger charge is 2.26. The Morgan fingerprint density at radius 3 is 2.47 bits per heavy atom. The van der Waals surface area contributed by atoms with Crippen LogP contribution in [0.1, 0.15) is 10.5 Å². The summed E-state index contributed by atoms with van der Waals surface area (Å²) >= 11 is 0. The molecule has 0 aliphatic heterocycles. The minimum absolute atomic E-state index is 0.0113. The first kappa shape index (κ1) is 23.0. The van der Waals surface area contributed by atoms with Gasteiger partial charge in [0.25, 0.3) is 15.9 Å². The zero-order valence-electron chi connectivity index (χ0n) is 17.0. The van der Waals surface area contributed by atoms with Crippen LogP contribution in [-0.2, 0) is 10.0 Å². The topological polar surface area (TPSA) is 140 Å². The van der Waals surface area contributed by atoms with E-state index in [1.54, 1.807) is 4.72 Å². The number of hydrogen-bond donors (Lipinski definition) is 3. The highest BCUT2D eigenvalue weighted by Crippen LogP contribution is 2.35. The number of aromatic nitrogens is 3.